The van der Waals surface area contributed by atoms with Crippen molar-refractivity contribution in [2.75, 3.05) is 19.8 Å². The molecule has 1 aliphatic carbocycles. The van der Waals surface area contributed by atoms with Gasteiger partial charge in [-0.3, -0.25) is 14.4 Å². The number of ketones is 1. The van der Waals surface area contributed by atoms with E-state index in [1.807, 2.05) is 18.2 Å². The first-order valence-electron chi connectivity index (χ1n) is 10.3. The van der Waals surface area contributed by atoms with Crippen molar-refractivity contribution in [1.82, 2.24) is 5.32 Å². The number of amides is 1. The van der Waals surface area contributed by atoms with Crippen LogP contribution in [0.2, 0.25) is 0 Å². The van der Waals surface area contributed by atoms with E-state index in [4.69, 9.17) is 9.47 Å². The van der Waals surface area contributed by atoms with E-state index in [0.29, 0.717) is 17.2 Å². The number of nitrogens with one attached hydrogen (secondary N) is 1. The molecule has 1 fully saturated rings. The van der Waals surface area contributed by atoms with Crippen LogP contribution in [-0.4, -0.2) is 37.4 Å². The van der Waals surface area contributed by atoms with Gasteiger partial charge in [-0.25, -0.2) is 0 Å². The number of esters is 1. The third kappa shape index (κ3) is 6.72. The highest BCUT2D eigenvalue weighted by molar-refractivity contribution is 5.98. The molecule has 1 saturated carbocycles. The normalized spacial score (nSPS) is 14.0. The molecule has 158 valence electrons. The van der Waals surface area contributed by atoms with Crippen molar-refractivity contribution < 1.29 is 23.9 Å². The van der Waals surface area contributed by atoms with Gasteiger partial charge in [0, 0.05) is 5.56 Å². The zero-order valence-corrected chi connectivity index (χ0v) is 17.0. The zero-order valence-electron chi connectivity index (χ0n) is 17.0. The lowest BCUT2D eigenvalue weighted by Gasteiger charge is -2.22. The molecule has 1 aliphatic rings. The molecule has 3 rings (SSSR count). The van der Waals surface area contributed by atoms with Gasteiger partial charge in [-0.2, -0.15) is 0 Å². The third-order valence-electron chi connectivity index (χ3n) is 5.22. The molecule has 2 aromatic carbocycles. The van der Waals surface area contributed by atoms with E-state index in [-0.39, 0.29) is 25.5 Å². The first-order chi connectivity index (χ1) is 14.6. The molecule has 0 atom stereocenters. The maximum Gasteiger partial charge on any atom is 0.325 e. The van der Waals surface area contributed by atoms with Crippen molar-refractivity contribution in [2.45, 2.75) is 38.0 Å². The fourth-order valence-corrected chi connectivity index (χ4v) is 3.54. The van der Waals surface area contributed by atoms with E-state index >= 15 is 0 Å². The molecule has 0 radical (unpaired) electrons. The van der Waals surface area contributed by atoms with Crippen molar-refractivity contribution in [3.05, 3.63) is 65.7 Å². The van der Waals surface area contributed by atoms with Gasteiger partial charge in [0.15, 0.2) is 19.0 Å². The number of ether oxygens (including phenoxy) is 2. The highest BCUT2D eigenvalue weighted by atomic mass is 16.5. The van der Waals surface area contributed by atoms with Gasteiger partial charge in [0.2, 0.25) is 0 Å². The summed E-state index contributed by atoms with van der Waals surface area (Å²) in [7, 11) is 0. The summed E-state index contributed by atoms with van der Waals surface area (Å²) in [5, 5.41) is 2.41. The van der Waals surface area contributed by atoms with E-state index in [9.17, 15) is 14.4 Å². The molecule has 30 heavy (non-hydrogen) atoms. The molecule has 0 bridgehead atoms. The Hall–Kier alpha value is -3.15. The van der Waals surface area contributed by atoms with Crippen molar-refractivity contribution in [2.24, 2.45) is 0 Å². The quantitative estimate of drug-likeness (QED) is 0.505. The van der Waals surface area contributed by atoms with E-state index in [0.717, 1.165) is 0 Å². The summed E-state index contributed by atoms with van der Waals surface area (Å²) in [5.41, 5.74) is 1.78. The van der Waals surface area contributed by atoms with Crippen LogP contribution in [0.25, 0.3) is 0 Å². The average molecular weight is 409 g/mol. The van der Waals surface area contributed by atoms with Crippen LogP contribution < -0.4 is 10.1 Å². The molecule has 6 heteroatoms. The minimum absolute atomic E-state index is 0.205. The Balaban J connectivity index is 1.35. The summed E-state index contributed by atoms with van der Waals surface area (Å²) >= 11 is 0. The lowest BCUT2D eigenvalue weighted by atomic mass is 9.84. The standard InChI is InChI=1S/C24H27NO5/c26-22(20-13-11-19(12-14-20)18-7-3-1-4-8-18)16-30-24(28)15-25-23(27)17-29-21-9-5-2-6-10-21/h2,5-6,9-14,18H,1,3-4,7-8,15-17H2,(H,25,27). The van der Waals surface area contributed by atoms with E-state index in [1.165, 1.54) is 37.7 Å². The minimum atomic E-state index is -0.671. The molecule has 2 aromatic rings. The van der Waals surface area contributed by atoms with Crippen LogP contribution in [0.15, 0.2) is 54.6 Å². The number of carbonyl (C=O) groups is 3. The Morgan fingerprint density at radius 1 is 0.867 bits per heavy atom. The smallest absolute Gasteiger partial charge is 0.325 e. The van der Waals surface area contributed by atoms with Crippen LogP contribution in [0.4, 0.5) is 0 Å². The van der Waals surface area contributed by atoms with Gasteiger partial charge >= 0.3 is 5.97 Å². The number of hydrogen-bond donors (Lipinski definition) is 1. The number of carbonyl (C=O) groups excluding carboxylic acids is 3. The van der Waals surface area contributed by atoms with Gasteiger partial charge in [-0.05, 0) is 36.5 Å². The molecule has 0 aromatic heterocycles. The summed E-state index contributed by atoms with van der Waals surface area (Å²) in [4.78, 5) is 35.8. The second-order valence-corrected chi connectivity index (χ2v) is 7.42. The Bertz CT molecular complexity index is 842. The van der Waals surface area contributed by atoms with Gasteiger partial charge in [-0.15, -0.1) is 0 Å². The van der Waals surface area contributed by atoms with E-state index in [1.54, 1.807) is 36.4 Å². The second-order valence-electron chi connectivity index (χ2n) is 7.42. The van der Waals surface area contributed by atoms with Gasteiger partial charge < -0.3 is 14.8 Å². The summed E-state index contributed by atoms with van der Waals surface area (Å²) < 4.78 is 10.3. The maximum atomic E-state index is 12.2. The first kappa shape index (κ1) is 21.6. The van der Waals surface area contributed by atoms with Crippen molar-refractivity contribution >= 4 is 17.7 Å². The Morgan fingerprint density at radius 2 is 1.57 bits per heavy atom. The molecular weight excluding hydrogens is 382 g/mol. The highest BCUT2D eigenvalue weighted by Crippen LogP contribution is 2.32. The Kier molecular flexibility index (Phi) is 8.01. The van der Waals surface area contributed by atoms with Gasteiger partial charge in [0.25, 0.3) is 5.91 Å². The topological polar surface area (TPSA) is 81.7 Å². The fourth-order valence-electron chi connectivity index (χ4n) is 3.54. The highest BCUT2D eigenvalue weighted by Gasteiger charge is 2.16. The second kappa shape index (κ2) is 11.1. The molecule has 1 N–H and O–H groups in total. The molecular formula is C24H27NO5. The summed E-state index contributed by atoms with van der Waals surface area (Å²) in [6.45, 7) is -0.869. The number of benzene rings is 2. The monoisotopic (exact) mass is 409 g/mol. The van der Waals surface area contributed by atoms with Crippen LogP contribution in [0.5, 0.6) is 5.75 Å². The SMILES string of the molecule is O=C(COc1ccccc1)NCC(=O)OCC(=O)c1ccc(C2CCCCC2)cc1. The van der Waals surface area contributed by atoms with Crippen LogP contribution in [-0.2, 0) is 14.3 Å². The summed E-state index contributed by atoms with van der Waals surface area (Å²) in [5.74, 6) is -0.238. The lowest BCUT2D eigenvalue weighted by Crippen LogP contribution is -2.34. The molecule has 1 amide bonds. The Labute approximate surface area is 176 Å². The minimum Gasteiger partial charge on any atom is -0.484 e. The van der Waals surface area contributed by atoms with Crippen LogP contribution >= 0.6 is 0 Å². The first-order valence-corrected chi connectivity index (χ1v) is 10.3. The molecule has 0 saturated heterocycles. The third-order valence-corrected chi connectivity index (χ3v) is 5.22. The van der Waals surface area contributed by atoms with Crippen molar-refractivity contribution in [3.63, 3.8) is 0 Å². The van der Waals surface area contributed by atoms with Gasteiger partial charge in [0.05, 0.1) is 0 Å². The van der Waals surface area contributed by atoms with Crippen LogP contribution in [0.1, 0.15) is 53.9 Å². The fraction of sp³-hybridized carbons (Fsp3) is 0.375. The predicted molar refractivity (Wildman–Crippen MR) is 113 cm³/mol. The lowest BCUT2D eigenvalue weighted by molar-refractivity contribution is -0.143. The van der Waals surface area contributed by atoms with Crippen LogP contribution in [0, 0.1) is 0 Å². The molecule has 0 spiro atoms. The summed E-state index contributed by atoms with van der Waals surface area (Å²) in [6, 6.07) is 16.5. The maximum absolute atomic E-state index is 12.2. The Morgan fingerprint density at radius 3 is 2.27 bits per heavy atom. The largest absolute Gasteiger partial charge is 0.484 e. The number of hydrogen-bond acceptors (Lipinski definition) is 5. The van der Waals surface area contributed by atoms with Gasteiger partial charge in [0.1, 0.15) is 12.3 Å². The van der Waals surface area contributed by atoms with E-state index < -0.39 is 11.9 Å². The molecule has 6 nitrogen and oxygen atoms in total. The number of para-hydroxylation sites is 1. The zero-order chi connectivity index (χ0) is 21.2. The number of rotatable bonds is 9. The summed E-state index contributed by atoms with van der Waals surface area (Å²) in [6.07, 6.45) is 6.23. The van der Waals surface area contributed by atoms with Crippen LogP contribution in [0.3, 0.4) is 0 Å². The molecule has 0 unspecified atom stereocenters. The van der Waals surface area contributed by atoms with Gasteiger partial charge in [-0.1, -0.05) is 61.7 Å². The molecule has 0 heterocycles. The molecule has 0 aliphatic heterocycles. The van der Waals surface area contributed by atoms with Crippen molar-refractivity contribution in [1.29, 1.82) is 0 Å². The van der Waals surface area contributed by atoms with E-state index in [2.05, 4.69) is 5.32 Å². The number of Topliss-reactive ketones (excluding diaryl/α,β-unsaturated/α-hetero) is 1. The van der Waals surface area contributed by atoms with Crippen molar-refractivity contribution in [3.8, 4) is 5.75 Å². The average Bonchev–Trinajstić information content (AvgIpc) is 2.81. The predicted octanol–water partition coefficient (Wildman–Crippen LogP) is 3.66.